The van der Waals surface area contributed by atoms with E-state index in [1.165, 1.54) is 11.9 Å². The molecule has 29 heavy (non-hydrogen) atoms. The van der Waals surface area contributed by atoms with Gasteiger partial charge >= 0.3 is 6.09 Å². The minimum atomic E-state index is -1.02. The molecule has 1 aliphatic heterocycles. The number of nitrogens with zero attached hydrogens (tertiary/aromatic N) is 6. The highest BCUT2D eigenvalue weighted by Crippen LogP contribution is 2.37. The first-order valence-electron chi connectivity index (χ1n) is 9.56. The van der Waals surface area contributed by atoms with Crippen LogP contribution >= 0.6 is 0 Å². The molecule has 0 aliphatic carbocycles. The maximum atomic E-state index is 12.8. The Morgan fingerprint density at radius 3 is 2.69 bits per heavy atom. The van der Waals surface area contributed by atoms with Crippen LogP contribution in [0.4, 0.5) is 16.3 Å². The van der Waals surface area contributed by atoms with Crippen molar-refractivity contribution in [1.29, 1.82) is 0 Å². The topological polar surface area (TPSA) is 103 Å². The monoisotopic (exact) mass is 398 g/mol. The largest absolute Gasteiger partial charge is 0.465 e. The number of pyridine rings is 1. The van der Waals surface area contributed by atoms with Gasteiger partial charge in [-0.05, 0) is 26.3 Å². The number of anilines is 2. The van der Waals surface area contributed by atoms with Gasteiger partial charge in [0.25, 0.3) is 0 Å². The number of carbonyl (C=O) groups excluding carboxylic acids is 1. The van der Waals surface area contributed by atoms with Gasteiger partial charge in [0.2, 0.25) is 5.91 Å². The average Bonchev–Trinajstić information content (AvgIpc) is 2.70. The molecular formula is C20H26N6O3. The lowest BCUT2D eigenvalue weighted by Crippen LogP contribution is -2.54. The molecule has 0 unspecified atom stereocenters. The van der Waals surface area contributed by atoms with Gasteiger partial charge in [0.1, 0.15) is 11.7 Å². The quantitative estimate of drug-likeness (QED) is 0.826. The van der Waals surface area contributed by atoms with Crippen molar-refractivity contribution in [3.63, 3.8) is 0 Å². The Morgan fingerprint density at radius 2 is 2.07 bits per heavy atom. The maximum Gasteiger partial charge on any atom is 0.407 e. The molecule has 0 saturated heterocycles. The summed E-state index contributed by atoms with van der Waals surface area (Å²) >= 11 is 0. The van der Waals surface area contributed by atoms with Crippen molar-refractivity contribution in [2.75, 3.05) is 23.9 Å². The summed E-state index contributed by atoms with van der Waals surface area (Å²) in [5.41, 5.74) is 2.09. The van der Waals surface area contributed by atoms with E-state index in [1.807, 2.05) is 25.7 Å². The molecule has 2 amide bonds. The lowest BCUT2D eigenvalue weighted by molar-refractivity contribution is -0.120. The van der Waals surface area contributed by atoms with E-state index in [2.05, 4.69) is 9.97 Å². The fourth-order valence-electron chi connectivity index (χ4n) is 3.60. The Hall–Kier alpha value is -3.23. The third-order valence-electron chi connectivity index (χ3n) is 5.13. The molecule has 0 fully saturated rings. The van der Waals surface area contributed by atoms with Crippen LogP contribution in [0.15, 0.2) is 24.7 Å². The van der Waals surface area contributed by atoms with Crippen LogP contribution in [0.25, 0.3) is 11.4 Å². The molecule has 3 rings (SSSR count). The molecule has 0 bridgehead atoms. The second kappa shape index (κ2) is 8.02. The lowest BCUT2D eigenvalue weighted by Gasteiger charge is -2.42. The number of hydrogen-bond donors (Lipinski definition) is 1. The molecule has 1 atom stereocenters. The van der Waals surface area contributed by atoms with Crippen molar-refractivity contribution < 1.29 is 14.7 Å². The summed E-state index contributed by atoms with van der Waals surface area (Å²) < 4.78 is 0. The van der Waals surface area contributed by atoms with Crippen molar-refractivity contribution >= 4 is 23.5 Å². The van der Waals surface area contributed by atoms with E-state index in [4.69, 9.17) is 4.98 Å². The maximum absolute atomic E-state index is 12.8. The SMILES string of the molecule is CC[C@@H]1C(=O)N(C)c2cnc(-c3ccncc3CN(C)C(=O)O)nc2N1C(C)C. The van der Waals surface area contributed by atoms with Crippen LogP contribution < -0.4 is 9.80 Å². The number of hydrogen-bond acceptors (Lipinski definition) is 6. The first kappa shape index (κ1) is 20.5. The van der Waals surface area contributed by atoms with E-state index >= 15 is 0 Å². The standard InChI is InChI=1S/C20H26N6O3/c1-6-15-19(27)25(5)16-10-22-17(23-18(16)26(15)12(2)3)14-7-8-21-9-13(14)11-24(4)20(28)29/h7-10,12,15H,6,11H2,1-5H3,(H,28,29)/t15-/m1/s1. The van der Waals surface area contributed by atoms with E-state index in [9.17, 15) is 14.7 Å². The van der Waals surface area contributed by atoms with E-state index in [0.717, 1.165) is 0 Å². The van der Waals surface area contributed by atoms with Crippen molar-refractivity contribution in [3.8, 4) is 11.4 Å². The van der Waals surface area contributed by atoms with Gasteiger partial charge in [-0.15, -0.1) is 0 Å². The number of likely N-dealkylation sites (N-methyl/N-ethyl adjacent to an activating group) is 1. The number of carboxylic acid groups (broad SMARTS) is 1. The normalized spacial score (nSPS) is 16.2. The molecule has 0 aromatic carbocycles. The number of aromatic nitrogens is 3. The molecule has 9 heteroatoms. The van der Waals surface area contributed by atoms with Crippen LogP contribution in [0.2, 0.25) is 0 Å². The predicted octanol–water partition coefficient (Wildman–Crippen LogP) is 2.62. The van der Waals surface area contributed by atoms with Gasteiger partial charge in [-0.1, -0.05) is 6.92 Å². The molecule has 9 nitrogen and oxygen atoms in total. The summed E-state index contributed by atoms with van der Waals surface area (Å²) in [4.78, 5) is 42.2. The average molecular weight is 398 g/mol. The van der Waals surface area contributed by atoms with Gasteiger partial charge in [-0.25, -0.2) is 14.8 Å². The van der Waals surface area contributed by atoms with Crippen molar-refractivity contribution in [3.05, 3.63) is 30.2 Å². The van der Waals surface area contributed by atoms with Crippen molar-refractivity contribution in [1.82, 2.24) is 19.9 Å². The summed E-state index contributed by atoms with van der Waals surface area (Å²) in [6.45, 7) is 6.23. The molecule has 0 saturated carbocycles. The molecular weight excluding hydrogens is 372 g/mol. The van der Waals surface area contributed by atoms with E-state index in [0.29, 0.717) is 34.9 Å². The van der Waals surface area contributed by atoms with Gasteiger partial charge in [0, 0.05) is 43.7 Å². The number of carbonyl (C=O) groups is 2. The predicted molar refractivity (Wildman–Crippen MR) is 110 cm³/mol. The molecule has 1 N–H and O–H groups in total. The Bertz CT molecular complexity index is 932. The third-order valence-corrected chi connectivity index (χ3v) is 5.13. The van der Waals surface area contributed by atoms with Crippen LogP contribution in [0.3, 0.4) is 0 Å². The number of fused-ring (bicyclic) bond motifs is 1. The van der Waals surface area contributed by atoms with Gasteiger partial charge in [-0.3, -0.25) is 9.78 Å². The van der Waals surface area contributed by atoms with Crippen LogP contribution in [-0.4, -0.2) is 63.1 Å². The van der Waals surface area contributed by atoms with Gasteiger partial charge < -0.3 is 19.8 Å². The summed E-state index contributed by atoms with van der Waals surface area (Å²) in [6.07, 6.45) is 4.56. The minimum Gasteiger partial charge on any atom is -0.465 e. The zero-order valence-corrected chi connectivity index (χ0v) is 17.3. The molecule has 0 spiro atoms. The van der Waals surface area contributed by atoms with Crippen molar-refractivity contribution in [2.24, 2.45) is 0 Å². The molecule has 2 aromatic heterocycles. The van der Waals surface area contributed by atoms with Gasteiger partial charge in [0.15, 0.2) is 11.6 Å². The first-order chi connectivity index (χ1) is 13.8. The highest BCUT2D eigenvalue weighted by atomic mass is 16.4. The molecule has 3 heterocycles. The lowest BCUT2D eigenvalue weighted by atomic mass is 10.0. The molecule has 0 radical (unpaired) electrons. The Balaban J connectivity index is 2.11. The van der Waals surface area contributed by atoms with E-state index in [1.54, 1.807) is 36.6 Å². The first-order valence-corrected chi connectivity index (χ1v) is 9.56. The highest BCUT2D eigenvalue weighted by molar-refractivity contribution is 6.04. The van der Waals surface area contributed by atoms with Crippen LogP contribution in [-0.2, 0) is 11.3 Å². The molecule has 1 aliphatic rings. The summed E-state index contributed by atoms with van der Waals surface area (Å²) in [7, 11) is 3.24. The second-order valence-electron chi connectivity index (χ2n) is 7.40. The number of rotatable bonds is 5. The smallest absolute Gasteiger partial charge is 0.407 e. The molecule has 2 aromatic rings. The Kier molecular flexibility index (Phi) is 5.67. The Labute approximate surface area is 170 Å². The van der Waals surface area contributed by atoms with Crippen LogP contribution in [0, 0.1) is 0 Å². The van der Waals surface area contributed by atoms with Crippen LogP contribution in [0.5, 0.6) is 0 Å². The fourth-order valence-corrected chi connectivity index (χ4v) is 3.60. The van der Waals surface area contributed by atoms with E-state index < -0.39 is 6.09 Å². The van der Waals surface area contributed by atoms with Gasteiger partial charge in [0.05, 0.1) is 12.7 Å². The van der Waals surface area contributed by atoms with Crippen molar-refractivity contribution in [2.45, 2.75) is 45.8 Å². The molecule has 154 valence electrons. The fraction of sp³-hybridized carbons (Fsp3) is 0.450. The minimum absolute atomic E-state index is 0.0257. The van der Waals surface area contributed by atoms with Crippen LogP contribution in [0.1, 0.15) is 32.8 Å². The second-order valence-corrected chi connectivity index (χ2v) is 7.40. The summed E-state index contributed by atoms with van der Waals surface area (Å²) in [5.74, 6) is 1.20. The Morgan fingerprint density at radius 1 is 1.34 bits per heavy atom. The number of amides is 2. The zero-order valence-electron chi connectivity index (χ0n) is 17.3. The van der Waals surface area contributed by atoms with E-state index in [-0.39, 0.29) is 24.5 Å². The highest BCUT2D eigenvalue weighted by Gasteiger charge is 2.38. The summed E-state index contributed by atoms with van der Waals surface area (Å²) in [6, 6.07) is 1.57. The van der Waals surface area contributed by atoms with Gasteiger partial charge in [-0.2, -0.15) is 0 Å². The zero-order chi connectivity index (χ0) is 21.3. The summed E-state index contributed by atoms with van der Waals surface area (Å²) in [5, 5.41) is 9.20. The third kappa shape index (κ3) is 3.72.